The third-order valence-electron chi connectivity index (χ3n) is 1.51. The minimum Gasteiger partial charge on any atom is -0.371 e. The number of hydrogen-bond acceptors (Lipinski definition) is 3. The summed E-state index contributed by atoms with van der Waals surface area (Å²) in [6, 6.07) is -0.510. The van der Waals surface area contributed by atoms with Crippen LogP contribution in [0.4, 0.5) is 0 Å². The van der Waals surface area contributed by atoms with E-state index in [1.54, 1.807) is 0 Å². The second-order valence-corrected chi connectivity index (χ2v) is 4.07. The van der Waals surface area contributed by atoms with Gasteiger partial charge < -0.3 is 10.5 Å². The monoisotopic (exact) mass is 173 g/mol. The minimum absolute atomic E-state index is 0.0354. The first-order chi connectivity index (χ1) is 5.24. The van der Waals surface area contributed by atoms with Gasteiger partial charge in [-0.05, 0) is 34.6 Å². The van der Waals surface area contributed by atoms with Crippen LogP contribution in [0.3, 0.4) is 0 Å². The van der Waals surface area contributed by atoms with Crippen LogP contribution in [0.1, 0.15) is 34.6 Å². The molecule has 0 aromatic heterocycles. The van der Waals surface area contributed by atoms with Gasteiger partial charge in [0.2, 0.25) is 0 Å². The number of carbonyl (C=O) groups excluding carboxylic acids is 1. The molecule has 1 unspecified atom stereocenters. The topological polar surface area (TPSA) is 52.3 Å². The highest BCUT2D eigenvalue weighted by molar-refractivity contribution is 5.81. The average Bonchev–Trinajstić information content (AvgIpc) is 1.82. The Morgan fingerprint density at radius 1 is 1.42 bits per heavy atom. The molecule has 0 fully saturated rings. The Hall–Kier alpha value is -0.410. The van der Waals surface area contributed by atoms with Crippen LogP contribution in [0.5, 0.6) is 0 Å². The molecule has 0 radical (unpaired) electrons. The number of carbonyl (C=O) groups is 1. The zero-order valence-corrected chi connectivity index (χ0v) is 8.55. The van der Waals surface area contributed by atoms with Gasteiger partial charge in [-0.3, -0.25) is 4.79 Å². The second-order valence-electron chi connectivity index (χ2n) is 4.07. The number of ketones is 1. The summed E-state index contributed by atoms with van der Waals surface area (Å²) < 4.78 is 5.51. The van der Waals surface area contributed by atoms with Gasteiger partial charge in [-0.2, -0.15) is 0 Å². The van der Waals surface area contributed by atoms with Gasteiger partial charge in [0, 0.05) is 0 Å². The van der Waals surface area contributed by atoms with Crippen molar-refractivity contribution in [3.05, 3.63) is 0 Å². The first kappa shape index (κ1) is 11.6. The van der Waals surface area contributed by atoms with Crippen LogP contribution in [-0.4, -0.2) is 23.5 Å². The van der Waals surface area contributed by atoms with Gasteiger partial charge in [0.25, 0.3) is 0 Å². The predicted octanol–water partition coefficient (Wildman–Crippen LogP) is 1.11. The smallest absolute Gasteiger partial charge is 0.149 e. The van der Waals surface area contributed by atoms with Crippen molar-refractivity contribution in [3.63, 3.8) is 0 Å². The molecule has 2 atom stereocenters. The first-order valence-corrected chi connectivity index (χ1v) is 4.18. The van der Waals surface area contributed by atoms with Crippen LogP contribution >= 0.6 is 0 Å². The molecule has 2 N–H and O–H groups in total. The van der Waals surface area contributed by atoms with E-state index in [0.29, 0.717) is 0 Å². The molecule has 0 aliphatic heterocycles. The molecular formula is C9H19NO2. The second kappa shape index (κ2) is 4.01. The number of rotatable bonds is 3. The Morgan fingerprint density at radius 3 is 2.08 bits per heavy atom. The molecule has 3 nitrogen and oxygen atoms in total. The third kappa shape index (κ3) is 4.46. The number of hydrogen-bond donors (Lipinski definition) is 1. The lowest BCUT2D eigenvalue weighted by Crippen LogP contribution is -2.43. The fourth-order valence-corrected chi connectivity index (χ4v) is 0.962. The van der Waals surface area contributed by atoms with Crippen molar-refractivity contribution < 1.29 is 9.53 Å². The molecule has 0 saturated heterocycles. The maximum atomic E-state index is 10.9. The van der Waals surface area contributed by atoms with Crippen molar-refractivity contribution in [1.29, 1.82) is 0 Å². The molecule has 0 aliphatic rings. The van der Waals surface area contributed by atoms with Crippen LogP contribution in [0.25, 0.3) is 0 Å². The normalized spacial score (nSPS) is 17.2. The standard InChI is InChI=1S/C9H19NO2/c1-6(11)8(10)7(2)12-9(3,4)5/h7-8H,10H2,1-5H3/t7?,8-/m1/s1. The van der Waals surface area contributed by atoms with Crippen LogP contribution in [0.2, 0.25) is 0 Å². The van der Waals surface area contributed by atoms with Crippen LogP contribution < -0.4 is 5.73 Å². The highest BCUT2D eigenvalue weighted by Gasteiger charge is 2.22. The van der Waals surface area contributed by atoms with E-state index in [1.807, 2.05) is 27.7 Å². The van der Waals surface area contributed by atoms with E-state index in [0.717, 1.165) is 0 Å². The van der Waals surface area contributed by atoms with Crippen LogP contribution in [-0.2, 0) is 9.53 Å². The fraction of sp³-hybridized carbons (Fsp3) is 0.889. The lowest BCUT2D eigenvalue weighted by molar-refractivity contribution is -0.125. The van der Waals surface area contributed by atoms with Crippen LogP contribution in [0.15, 0.2) is 0 Å². The van der Waals surface area contributed by atoms with E-state index in [1.165, 1.54) is 6.92 Å². The molecule has 0 amide bonds. The summed E-state index contributed by atoms with van der Waals surface area (Å²) in [6.07, 6.45) is -0.220. The Morgan fingerprint density at radius 2 is 1.83 bits per heavy atom. The summed E-state index contributed by atoms with van der Waals surface area (Å²) in [5.41, 5.74) is 5.35. The summed E-state index contributed by atoms with van der Waals surface area (Å²) >= 11 is 0. The van der Waals surface area contributed by atoms with Crippen molar-refractivity contribution in [1.82, 2.24) is 0 Å². The lowest BCUT2D eigenvalue weighted by atomic mass is 10.1. The molecule has 0 spiro atoms. The highest BCUT2D eigenvalue weighted by atomic mass is 16.5. The van der Waals surface area contributed by atoms with Crippen molar-refractivity contribution >= 4 is 5.78 Å². The maximum absolute atomic E-state index is 10.9. The van der Waals surface area contributed by atoms with Gasteiger partial charge in [-0.1, -0.05) is 0 Å². The van der Waals surface area contributed by atoms with Crippen LogP contribution in [0, 0.1) is 0 Å². The molecule has 0 rings (SSSR count). The third-order valence-corrected chi connectivity index (χ3v) is 1.51. The van der Waals surface area contributed by atoms with Crippen molar-refractivity contribution in [3.8, 4) is 0 Å². The van der Waals surface area contributed by atoms with Gasteiger partial charge in [0.15, 0.2) is 0 Å². The van der Waals surface area contributed by atoms with Gasteiger partial charge >= 0.3 is 0 Å². The summed E-state index contributed by atoms with van der Waals surface area (Å²) in [5.74, 6) is -0.0354. The maximum Gasteiger partial charge on any atom is 0.149 e. The predicted molar refractivity (Wildman–Crippen MR) is 49.0 cm³/mol. The molecule has 72 valence electrons. The molecule has 0 heterocycles. The van der Waals surface area contributed by atoms with Gasteiger partial charge in [0.05, 0.1) is 17.7 Å². The Labute approximate surface area is 74.3 Å². The molecule has 0 bridgehead atoms. The van der Waals surface area contributed by atoms with Crippen molar-refractivity contribution in [2.45, 2.75) is 52.4 Å². The van der Waals surface area contributed by atoms with E-state index in [2.05, 4.69) is 0 Å². The van der Waals surface area contributed by atoms with E-state index in [9.17, 15) is 4.79 Å². The zero-order chi connectivity index (χ0) is 9.94. The SMILES string of the molecule is CC(=O)[C@@H](N)C(C)OC(C)(C)C. The number of ether oxygens (including phenoxy) is 1. The Kier molecular flexibility index (Phi) is 3.87. The first-order valence-electron chi connectivity index (χ1n) is 4.18. The average molecular weight is 173 g/mol. The molecule has 12 heavy (non-hydrogen) atoms. The molecule has 0 aromatic rings. The van der Waals surface area contributed by atoms with Crippen molar-refractivity contribution in [2.24, 2.45) is 5.73 Å². The van der Waals surface area contributed by atoms with E-state index in [-0.39, 0.29) is 17.5 Å². The van der Waals surface area contributed by atoms with E-state index >= 15 is 0 Å². The summed E-state index contributed by atoms with van der Waals surface area (Å²) in [4.78, 5) is 10.9. The molecule has 0 aromatic carbocycles. The fourth-order valence-electron chi connectivity index (χ4n) is 0.962. The molecule has 0 saturated carbocycles. The Balaban J connectivity index is 4.04. The Bertz CT molecular complexity index is 160. The van der Waals surface area contributed by atoms with Crippen molar-refractivity contribution in [2.75, 3.05) is 0 Å². The minimum atomic E-state index is -0.510. The summed E-state index contributed by atoms with van der Waals surface area (Å²) in [7, 11) is 0. The largest absolute Gasteiger partial charge is 0.371 e. The number of Topliss-reactive ketones (excluding diaryl/α,β-unsaturated/α-hetero) is 1. The number of nitrogens with two attached hydrogens (primary N) is 1. The molecular weight excluding hydrogens is 154 g/mol. The highest BCUT2D eigenvalue weighted by Crippen LogP contribution is 2.12. The molecule has 0 aliphatic carbocycles. The quantitative estimate of drug-likeness (QED) is 0.695. The summed E-state index contributed by atoms with van der Waals surface area (Å²) in [6.45, 7) is 9.12. The van der Waals surface area contributed by atoms with Gasteiger partial charge in [-0.15, -0.1) is 0 Å². The van der Waals surface area contributed by atoms with Gasteiger partial charge in [0.1, 0.15) is 5.78 Å². The van der Waals surface area contributed by atoms with Gasteiger partial charge in [-0.25, -0.2) is 0 Å². The molecule has 3 heteroatoms. The summed E-state index contributed by atoms with van der Waals surface area (Å²) in [5, 5.41) is 0. The van der Waals surface area contributed by atoms with E-state index in [4.69, 9.17) is 10.5 Å². The van der Waals surface area contributed by atoms with E-state index < -0.39 is 6.04 Å². The lowest BCUT2D eigenvalue weighted by Gasteiger charge is -2.27. The zero-order valence-electron chi connectivity index (χ0n) is 8.55.